The lowest BCUT2D eigenvalue weighted by atomic mass is 9.89. The SMILES string of the molecule is COc1cccc(C(C(C)N)N2CCC(C)(C(N)=O)C2)c1. The normalized spacial score (nSPS) is 25.5. The predicted molar refractivity (Wildman–Crippen MR) is 82.9 cm³/mol. The molecule has 1 fully saturated rings. The van der Waals surface area contributed by atoms with Crippen LogP contribution >= 0.6 is 0 Å². The molecule has 0 aromatic heterocycles. The van der Waals surface area contributed by atoms with Crippen molar-refractivity contribution in [2.24, 2.45) is 16.9 Å². The van der Waals surface area contributed by atoms with Gasteiger partial charge >= 0.3 is 0 Å². The Bertz CT molecular complexity index is 518. The van der Waals surface area contributed by atoms with Gasteiger partial charge in [0.15, 0.2) is 0 Å². The number of methoxy groups -OCH3 is 1. The highest BCUT2D eigenvalue weighted by Crippen LogP contribution is 2.36. The summed E-state index contributed by atoms with van der Waals surface area (Å²) in [5, 5.41) is 0. The first kappa shape index (κ1) is 15.8. The van der Waals surface area contributed by atoms with Gasteiger partial charge in [-0.15, -0.1) is 0 Å². The maximum absolute atomic E-state index is 11.6. The first-order chi connectivity index (χ1) is 9.87. The highest BCUT2D eigenvalue weighted by atomic mass is 16.5. The van der Waals surface area contributed by atoms with Crippen molar-refractivity contribution in [3.63, 3.8) is 0 Å². The highest BCUT2D eigenvalue weighted by molar-refractivity contribution is 5.81. The smallest absolute Gasteiger partial charge is 0.224 e. The van der Waals surface area contributed by atoms with Crippen molar-refractivity contribution in [1.82, 2.24) is 4.90 Å². The molecular formula is C16H25N3O2. The van der Waals surface area contributed by atoms with E-state index in [9.17, 15) is 4.79 Å². The second-order valence-corrected chi connectivity index (χ2v) is 6.23. The van der Waals surface area contributed by atoms with Crippen molar-refractivity contribution in [2.45, 2.75) is 32.4 Å². The second kappa shape index (κ2) is 6.03. The molecule has 0 aliphatic carbocycles. The summed E-state index contributed by atoms with van der Waals surface area (Å²) in [4.78, 5) is 13.9. The van der Waals surface area contributed by atoms with Crippen LogP contribution in [0.5, 0.6) is 5.75 Å². The summed E-state index contributed by atoms with van der Waals surface area (Å²) in [7, 11) is 1.65. The summed E-state index contributed by atoms with van der Waals surface area (Å²) in [6.07, 6.45) is 0.773. The van der Waals surface area contributed by atoms with Gasteiger partial charge in [0.1, 0.15) is 5.75 Å². The van der Waals surface area contributed by atoms with Crippen molar-refractivity contribution >= 4 is 5.91 Å². The largest absolute Gasteiger partial charge is 0.497 e. The molecule has 0 spiro atoms. The molecule has 0 bridgehead atoms. The fraction of sp³-hybridized carbons (Fsp3) is 0.562. The van der Waals surface area contributed by atoms with Crippen molar-refractivity contribution in [1.29, 1.82) is 0 Å². The Morgan fingerprint density at radius 2 is 2.19 bits per heavy atom. The average molecular weight is 291 g/mol. The van der Waals surface area contributed by atoms with Crippen LogP contribution in [-0.4, -0.2) is 37.0 Å². The first-order valence-electron chi connectivity index (χ1n) is 7.31. The van der Waals surface area contributed by atoms with Crippen molar-refractivity contribution in [3.8, 4) is 5.75 Å². The molecule has 1 aliphatic heterocycles. The summed E-state index contributed by atoms with van der Waals surface area (Å²) < 4.78 is 5.29. The van der Waals surface area contributed by atoms with E-state index in [-0.39, 0.29) is 18.0 Å². The van der Waals surface area contributed by atoms with E-state index in [1.165, 1.54) is 0 Å². The lowest BCUT2D eigenvalue weighted by Gasteiger charge is -2.32. The maximum Gasteiger partial charge on any atom is 0.224 e. The molecular weight excluding hydrogens is 266 g/mol. The number of hydrogen-bond donors (Lipinski definition) is 2. The molecule has 1 aromatic carbocycles. The Morgan fingerprint density at radius 1 is 1.48 bits per heavy atom. The molecule has 5 nitrogen and oxygen atoms in total. The summed E-state index contributed by atoms with van der Waals surface area (Å²) in [6, 6.07) is 7.95. The van der Waals surface area contributed by atoms with Crippen molar-refractivity contribution in [2.75, 3.05) is 20.2 Å². The van der Waals surface area contributed by atoms with Crippen LogP contribution < -0.4 is 16.2 Å². The number of likely N-dealkylation sites (tertiary alicyclic amines) is 1. The lowest BCUT2D eigenvalue weighted by molar-refractivity contribution is -0.126. The molecule has 1 heterocycles. The van der Waals surface area contributed by atoms with E-state index in [1.807, 2.05) is 32.0 Å². The zero-order valence-electron chi connectivity index (χ0n) is 13.0. The zero-order chi connectivity index (χ0) is 15.6. The summed E-state index contributed by atoms with van der Waals surface area (Å²) >= 11 is 0. The van der Waals surface area contributed by atoms with Crippen LogP contribution in [-0.2, 0) is 4.79 Å². The van der Waals surface area contributed by atoms with Crippen LogP contribution in [0.2, 0.25) is 0 Å². The minimum Gasteiger partial charge on any atom is -0.497 e. The minimum atomic E-state index is -0.466. The number of benzene rings is 1. The molecule has 4 N–H and O–H groups in total. The van der Waals surface area contributed by atoms with Crippen LogP contribution in [0.4, 0.5) is 0 Å². The van der Waals surface area contributed by atoms with Gasteiger partial charge in [0.05, 0.1) is 12.5 Å². The molecule has 5 heteroatoms. The van der Waals surface area contributed by atoms with Gasteiger partial charge in [-0.2, -0.15) is 0 Å². The third kappa shape index (κ3) is 3.19. The third-order valence-corrected chi connectivity index (χ3v) is 4.42. The first-order valence-corrected chi connectivity index (χ1v) is 7.31. The van der Waals surface area contributed by atoms with Crippen LogP contribution in [0.1, 0.15) is 31.9 Å². The van der Waals surface area contributed by atoms with E-state index in [0.717, 1.165) is 24.3 Å². The predicted octanol–water partition coefficient (Wildman–Crippen LogP) is 1.28. The quantitative estimate of drug-likeness (QED) is 0.856. The van der Waals surface area contributed by atoms with Gasteiger partial charge in [0, 0.05) is 18.6 Å². The van der Waals surface area contributed by atoms with E-state index in [4.69, 9.17) is 16.2 Å². The molecule has 1 aliphatic rings. The van der Waals surface area contributed by atoms with Crippen LogP contribution in [0.3, 0.4) is 0 Å². The van der Waals surface area contributed by atoms with Gasteiger partial charge in [-0.3, -0.25) is 9.69 Å². The van der Waals surface area contributed by atoms with E-state index in [2.05, 4.69) is 11.0 Å². The standard InChI is InChI=1S/C16H25N3O2/c1-11(17)14(12-5-4-6-13(9-12)21-3)19-8-7-16(2,10-19)15(18)20/h4-6,9,11,14H,7-8,10,17H2,1-3H3,(H2,18,20). The topological polar surface area (TPSA) is 81.6 Å². The summed E-state index contributed by atoms with van der Waals surface area (Å²) in [5.74, 6) is 0.578. The van der Waals surface area contributed by atoms with Gasteiger partial charge in [-0.1, -0.05) is 12.1 Å². The second-order valence-electron chi connectivity index (χ2n) is 6.23. The fourth-order valence-corrected chi connectivity index (χ4v) is 3.11. The fourth-order valence-electron chi connectivity index (χ4n) is 3.11. The number of carbonyl (C=O) groups excluding carboxylic acids is 1. The number of hydrogen-bond acceptors (Lipinski definition) is 4. The Hall–Kier alpha value is -1.59. The Balaban J connectivity index is 2.26. The molecule has 0 saturated carbocycles. The number of rotatable bonds is 5. The molecule has 2 rings (SSSR count). The minimum absolute atomic E-state index is 0.0488. The third-order valence-electron chi connectivity index (χ3n) is 4.42. The van der Waals surface area contributed by atoms with E-state index in [1.54, 1.807) is 7.11 Å². The molecule has 116 valence electrons. The Kier molecular flexibility index (Phi) is 4.54. The Labute approximate surface area is 126 Å². The number of amides is 1. The average Bonchev–Trinajstić information content (AvgIpc) is 2.82. The van der Waals surface area contributed by atoms with Crippen LogP contribution in [0.25, 0.3) is 0 Å². The highest BCUT2D eigenvalue weighted by Gasteiger charge is 2.42. The number of nitrogens with zero attached hydrogens (tertiary/aromatic N) is 1. The molecule has 1 amide bonds. The van der Waals surface area contributed by atoms with Gasteiger partial charge < -0.3 is 16.2 Å². The number of carbonyl (C=O) groups is 1. The number of nitrogens with two attached hydrogens (primary N) is 2. The van der Waals surface area contributed by atoms with Gasteiger partial charge in [0.2, 0.25) is 5.91 Å². The molecule has 3 atom stereocenters. The molecule has 3 unspecified atom stereocenters. The summed E-state index contributed by atoms with van der Waals surface area (Å²) in [5.41, 5.74) is 12.4. The van der Waals surface area contributed by atoms with E-state index < -0.39 is 5.41 Å². The molecule has 21 heavy (non-hydrogen) atoms. The van der Waals surface area contributed by atoms with Gasteiger partial charge in [0.25, 0.3) is 0 Å². The lowest BCUT2D eigenvalue weighted by Crippen LogP contribution is -2.42. The van der Waals surface area contributed by atoms with Crippen LogP contribution in [0, 0.1) is 5.41 Å². The van der Waals surface area contributed by atoms with Crippen LogP contribution in [0.15, 0.2) is 24.3 Å². The van der Waals surface area contributed by atoms with Gasteiger partial charge in [-0.05, 0) is 44.5 Å². The maximum atomic E-state index is 11.6. The number of primary amides is 1. The van der Waals surface area contributed by atoms with Crippen molar-refractivity contribution < 1.29 is 9.53 Å². The molecule has 0 radical (unpaired) electrons. The summed E-state index contributed by atoms with van der Waals surface area (Å²) in [6.45, 7) is 5.39. The van der Waals surface area contributed by atoms with Crippen molar-refractivity contribution in [3.05, 3.63) is 29.8 Å². The monoisotopic (exact) mass is 291 g/mol. The zero-order valence-corrected chi connectivity index (χ0v) is 13.0. The Morgan fingerprint density at radius 3 is 2.71 bits per heavy atom. The number of ether oxygens (including phenoxy) is 1. The van der Waals surface area contributed by atoms with Gasteiger partial charge in [-0.25, -0.2) is 0 Å². The molecule has 1 aromatic rings. The molecule has 1 saturated heterocycles. The van der Waals surface area contributed by atoms with E-state index in [0.29, 0.717) is 6.54 Å². The van der Waals surface area contributed by atoms with E-state index >= 15 is 0 Å².